The molecule has 6 nitrogen and oxygen atoms in total. The molecule has 0 N–H and O–H groups in total. The van der Waals surface area contributed by atoms with Crippen LogP contribution in [0.1, 0.15) is 188 Å². The van der Waals surface area contributed by atoms with Crippen LogP contribution in [0.3, 0.4) is 0 Å². The molecule has 0 aromatic heterocycles. The van der Waals surface area contributed by atoms with E-state index in [1.165, 1.54) is 161 Å². The van der Waals surface area contributed by atoms with Crippen LogP contribution >= 0.6 is 127 Å². The standard InChI is InChI=1S/C32H29Br2N.2C31H27Br2N.C28H23Br2NO2/c1-21-19-29(35(27-12-8-25(33)9-13-27)28-14-10-26(34)11-15-28)16-18-30(21)24-7-17-31-22-3-2-4-23(6-5-22)32(31)20-24;1-19-16-28(34(26-9-5-24(32)6-10-26)27-11-7-25(33)8-12-27)13-14-29(19)23-15-20(2)31-22-4-3-21(17-22)30(31)18-23;1-20-18-28(34(26-11-7-24(32)8-12-26)27-13-9-25(33)10-14-27)15-17-29(20)23-6-16-30-21-2-4-22(5-3-21)31(30)19-23;1-18-16-24(13-14-25(18)19-4-15-26-27(17-19)33-28(2,3)32-26)31(22-9-5-20(29)6-10-22)23-11-7-21(30)8-12-23/h7-20,22-23H,2-6H2,1H3;5-16,18,21-22H,3-4,17H2,1-2H3;6-19,21-22H,2-5H2,1H3;4-17H,1-3H3. The van der Waals surface area contributed by atoms with E-state index in [0.717, 1.165) is 140 Å². The monoisotopic (exact) mass is 2290 g/mol. The van der Waals surface area contributed by atoms with Gasteiger partial charge in [0.05, 0.1) is 0 Å². The summed E-state index contributed by atoms with van der Waals surface area (Å²) in [5, 5.41) is 0. The smallest absolute Gasteiger partial charge is 0.246 e. The van der Waals surface area contributed by atoms with E-state index < -0.39 is 5.79 Å². The first-order valence-electron chi connectivity index (χ1n) is 47.5. The molecular weight excluding hydrogens is 2190 g/mol. The summed E-state index contributed by atoms with van der Waals surface area (Å²) in [5.41, 5.74) is 40.4. The van der Waals surface area contributed by atoms with E-state index in [1.807, 2.05) is 19.9 Å². The summed E-state index contributed by atoms with van der Waals surface area (Å²) < 4.78 is 20.4. The maximum absolute atomic E-state index is 5.96. The van der Waals surface area contributed by atoms with Crippen molar-refractivity contribution in [3.8, 4) is 56.0 Å². The van der Waals surface area contributed by atoms with Gasteiger partial charge in [-0.15, -0.1) is 0 Å². The van der Waals surface area contributed by atoms with Crippen molar-refractivity contribution in [1.29, 1.82) is 0 Å². The summed E-state index contributed by atoms with van der Waals surface area (Å²) in [6.07, 6.45) is 16.5. The Morgan fingerprint density at radius 1 is 0.213 bits per heavy atom. The van der Waals surface area contributed by atoms with Gasteiger partial charge in [-0.25, -0.2) is 0 Å². The maximum atomic E-state index is 5.96. The van der Waals surface area contributed by atoms with Crippen LogP contribution in [-0.4, -0.2) is 5.79 Å². The number of ether oxygens (including phenoxy) is 2. The summed E-state index contributed by atoms with van der Waals surface area (Å²) in [5.74, 6) is 5.64. The van der Waals surface area contributed by atoms with Gasteiger partial charge in [0.2, 0.25) is 5.79 Å². The second-order valence-corrected chi connectivity index (χ2v) is 45.4. The number of halogens is 8. The second kappa shape index (κ2) is 40.5. The molecule has 3 saturated carbocycles. The predicted molar refractivity (Wildman–Crippen MR) is 599 cm³/mol. The van der Waals surface area contributed by atoms with Gasteiger partial charge in [-0.05, 0) is 501 Å². The van der Waals surface area contributed by atoms with E-state index in [0.29, 0.717) is 0 Å². The number of rotatable bonds is 16. The van der Waals surface area contributed by atoms with Crippen molar-refractivity contribution in [2.75, 3.05) is 19.6 Å². The minimum Gasteiger partial charge on any atom is -0.449 e. The number of fused-ring (bicyclic) bond motifs is 11. The fraction of sp³-hybridized carbons (Fsp3) is 0.213. The van der Waals surface area contributed by atoms with Crippen molar-refractivity contribution in [1.82, 2.24) is 0 Å². The molecule has 4 unspecified atom stereocenters. The Balaban J connectivity index is 0.000000112. The lowest BCUT2D eigenvalue weighted by Crippen LogP contribution is -2.29. The van der Waals surface area contributed by atoms with Gasteiger partial charge in [-0.2, -0.15) is 0 Å². The number of hydrogen-bond donors (Lipinski definition) is 0. The molecule has 1 aliphatic heterocycles. The van der Waals surface area contributed by atoms with Crippen molar-refractivity contribution >= 4 is 196 Å². The third-order valence-electron chi connectivity index (χ3n) is 28.8. The maximum Gasteiger partial charge on any atom is 0.246 e. The molecule has 1 heterocycles. The van der Waals surface area contributed by atoms with E-state index in [9.17, 15) is 0 Å². The van der Waals surface area contributed by atoms with Gasteiger partial charge in [0, 0.05) is 118 Å². The molecule has 0 radical (unpaired) electrons. The van der Waals surface area contributed by atoms with Gasteiger partial charge in [-0.1, -0.05) is 213 Å². The third kappa shape index (κ3) is 20.2. The average Bonchev–Trinajstić information content (AvgIpc) is 1.55. The van der Waals surface area contributed by atoms with Crippen LogP contribution in [0.25, 0.3) is 44.5 Å². The highest BCUT2D eigenvalue weighted by Gasteiger charge is 2.39. The van der Waals surface area contributed by atoms with E-state index in [4.69, 9.17) is 9.47 Å². The zero-order valence-electron chi connectivity index (χ0n) is 77.3. The summed E-state index contributed by atoms with van der Waals surface area (Å²) in [6, 6.07) is 121. The van der Waals surface area contributed by atoms with Gasteiger partial charge in [0.1, 0.15) is 0 Å². The Kier molecular flexibility index (Phi) is 28.0. The van der Waals surface area contributed by atoms with Crippen LogP contribution < -0.4 is 29.1 Å². The molecule has 682 valence electrons. The van der Waals surface area contributed by atoms with Crippen LogP contribution in [0.4, 0.5) is 68.2 Å². The molecule has 9 aliphatic rings. The zero-order chi connectivity index (χ0) is 93.7. The van der Waals surface area contributed by atoms with E-state index in [1.54, 1.807) is 33.4 Å². The Bertz CT molecular complexity index is 6900. The molecule has 3 fully saturated rings. The van der Waals surface area contributed by atoms with Crippen molar-refractivity contribution in [2.45, 2.75) is 167 Å². The Morgan fingerprint density at radius 3 is 0.787 bits per heavy atom. The van der Waals surface area contributed by atoms with Gasteiger partial charge in [0.15, 0.2) is 11.5 Å². The minimum absolute atomic E-state index is 0.629. The lowest BCUT2D eigenvalue weighted by molar-refractivity contribution is -0.0431. The molecule has 0 saturated heterocycles. The molecule has 6 bridgehead atoms. The van der Waals surface area contributed by atoms with Crippen LogP contribution in [0.5, 0.6) is 11.5 Å². The molecule has 8 aliphatic carbocycles. The predicted octanol–water partition coefficient (Wildman–Crippen LogP) is 40.7. The van der Waals surface area contributed by atoms with Gasteiger partial charge in [-0.3, -0.25) is 0 Å². The van der Waals surface area contributed by atoms with E-state index in [-0.39, 0.29) is 0 Å². The second-order valence-electron chi connectivity index (χ2n) is 38.1. The summed E-state index contributed by atoms with van der Waals surface area (Å²) >= 11 is 28.6. The highest BCUT2D eigenvalue weighted by atomic mass is 79.9. The van der Waals surface area contributed by atoms with Crippen molar-refractivity contribution in [2.24, 2.45) is 0 Å². The number of nitrogens with zero attached hydrogens (tertiary/aromatic N) is 4. The number of aryl methyl sites for hydroxylation is 5. The van der Waals surface area contributed by atoms with Crippen LogP contribution in [0, 0.1) is 34.6 Å². The van der Waals surface area contributed by atoms with Crippen LogP contribution in [0.15, 0.2) is 369 Å². The van der Waals surface area contributed by atoms with Crippen molar-refractivity contribution < 1.29 is 9.47 Å². The summed E-state index contributed by atoms with van der Waals surface area (Å²) in [6.45, 7) is 15.0. The molecule has 0 spiro atoms. The normalized spacial score (nSPS) is 17.3. The first-order chi connectivity index (χ1) is 65.9. The van der Waals surface area contributed by atoms with Gasteiger partial charge < -0.3 is 29.1 Å². The molecule has 16 aromatic carbocycles. The fourth-order valence-corrected chi connectivity index (χ4v) is 24.4. The molecule has 16 aromatic rings. The SMILES string of the molecule is Cc1cc(N(c2ccc(Br)cc2)c2ccc(Br)cc2)ccc1-c1cc(C)c2c(c1)C1CCC2C1.Cc1cc(N(c2ccc(Br)cc2)c2ccc(Br)cc2)ccc1-c1ccc2c(c1)C1CCC2CC1.Cc1cc(N(c2ccc(Br)cc2)c2ccc(Br)cc2)ccc1-c1ccc2c(c1)C1CCCC2CC1.Cc1cc(N(c2ccc(Br)cc2)c2ccc(Br)cc2)ccc1-c1ccc2c(c1)OC(C)(C)O2. The number of anilines is 12. The van der Waals surface area contributed by atoms with Crippen molar-refractivity contribution in [3.05, 3.63) is 431 Å². The van der Waals surface area contributed by atoms with Crippen LogP contribution in [-0.2, 0) is 0 Å². The summed E-state index contributed by atoms with van der Waals surface area (Å²) in [4.78, 5) is 9.23. The van der Waals surface area contributed by atoms with Crippen LogP contribution in [0.2, 0.25) is 0 Å². The molecular formula is C122H106Br8N4O2. The topological polar surface area (TPSA) is 31.4 Å². The third-order valence-corrected chi connectivity index (χ3v) is 33.0. The highest BCUT2D eigenvalue weighted by Crippen LogP contribution is 2.57. The lowest BCUT2D eigenvalue weighted by atomic mass is 9.66. The first kappa shape index (κ1) is 93.8. The Labute approximate surface area is 869 Å². The summed E-state index contributed by atoms with van der Waals surface area (Å²) in [7, 11) is 0. The minimum atomic E-state index is -0.629. The van der Waals surface area contributed by atoms with E-state index >= 15 is 0 Å². The number of benzene rings is 16. The molecule has 4 atom stereocenters. The Morgan fingerprint density at radius 2 is 0.463 bits per heavy atom. The Hall–Kier alpha value is -9.84. The fourth-order valence-electron chi connectivity index (χ4n) is 22.3. The first-order valence-corrected chi connectivity index (χ1v) is 53.9. The zero-order valence-corrected chi connectivity index (χ0v) is 90.0. The highest BCUT2D eigenvalue weighted by molar-refractivity contribution is 9.11. The largest absolute Gasteiger partial charge is 0.449 e. The van der Waals surface area contributed by atoms with Gasteiger partial charge in [0.25, 0.3) is 0 Å². The molecule has 25 rings (SSSR count). The average molecular weight is 2300 g/mol. The molecule has 136 heavy (non-hydrogen) atoms. The lowest BCUT2D eigenvalue weighted by Gasteiger charge is -2.38. The molecule has 14 heteroatoms. The molecule has 0 amide bonds. The number of hydrogen-bond acceptors (Lipinski definition) is 6. The van der Waals surface area contributed by atoms with Crippen molar-refractivity contribution in [3.63, 3.8) is 0 Å². The van der Waals surface area contributed by atoms with E-state index in [2.05, 4.69) is 509 Å². The quantitative estimate of drug-likeness (QED) is 0.0958. The van der Waals surface area contributed by atoms with Gasteiger partial charge >= 0.3 is 0 Å².